The maximum Gasteiger partial charge on any atom is 0.416 e. The summed E-state index contributed by atoms with van der Waals surface area (Å²) in [4.78, 5) is 0. The fourth-order valence-corrected chi connectivity index (χ4v) is 0.937. The van der Waals surface area contributed by atoms with Crippen LogP contribution in [0.25, 0.3) is 0 Å². The van der Waals surface area contributed by atoms with Crippen molar-refractivity contribution in [2.45, 2.75) is 19.3 Å². The number of alkyl halides is 4. The monoisotopic (exact) mass is 192 g/mol. The highest BCUT2D eigenvalue weighted by molar-refractivity contribution is 5.25. The predicted octanol–water partition coefficient (Wildman–Crippen LogP) is 3.74. The van der Waals surface area contributed by atoms with Crippen LogP contribution in [0.15, 0.2) is 24.3 Å². The minimum atomic E-state index is -4.35. The highest BCUT2D eigenvalue weighted by Gasteiger charge is 2.30. The average molecular weight is 192 g/mol. The summed E-state index contributed by atoms with van der Waals surface area (Å²) in [7, 11) is 0. The van der Waals surface area contributed by atoms with Gasteiger partial charge in [-0.15, -0.1) is 0 Å². The third-order valence-corrected chi connectivity index (χ3v) is 1.70. The zero-order valence-corrected chi connectivity index (χ0v) is 6.90. The lowest BCUT2D eigenvalue weighted by atomic mass is 10.1. The van der Waals surface area contributed by atoms with E-state index in [0.717, 1.165) is 24.3 Å². The largest absolute Gasteiger partial charge is 0.416 e. The van der Waals surface area contributed by atoms with Crippen molar-refractivity contribution in [3.8, 4) is 0 Å². The van der Waals surface area contributed by atoms with Crippen LogP contribution in [0.5, 0.6) is 0 Å². The Morgan fingerprint density at radius 3 is 1.85 bits per heavy atom. The molecule has 1 aromatic rings. The first-order valence-electron chi connectivity index (χ1n) is 3.72. The van der Waals surface area contributed by atoms with Crippen molar-refractivity contribution in [1.82, 2.24) is 0 Å². The third-order valence-electron chi connectivity index (χ3n) is 1.70. The molecule has 1 rings (SSSR count). The molecular formula is C9H8F4. The molecule has 0 heterocycles. The summed E-state index contributed by atoms with van der Waals surface area (Å²) in [5.41, 5.74) is -0.495. The van der Waals surface area contributed by atoms with Gasteiger partial charge < -0.3 is 0 Å². The number of halogens is 4. The number of hydrogen-bond donors (Lipinski definition) is 0. The Kier molecular flexibility index (Phi) is 2.59. The van der Waals surface area contributed by atoms with Crippen LogP contribution in [0.2, 0.25) is 0 Å². The Balaban J connectivity index is 2.94. The summed E-state index contributed by atoms with van der Waals surface area (Å²) in [5.74, 6) is 0. The Morgan fingerprint density at radius 2 is 1.54 bits per heavy atom. The minimum Gasteiger partial charge on any atom is -0.243 e. The zero-order chi connectivity index (χ0) is 10.1. The van der Waals surface area contributed by atoms with Gasteiger partial charge in [0.25, 0.3) is 0 Å². The van der Waals surface area contributed by atoms with E-state index in [2.05, 4.69) is 0 Å². The molecule has 1 atom stereocenters. The Labute approximate surface area is 73.2 Å². The molecule has 0 aliphatic carbocycles. The molecule has 0 spiro atoms. The van der Waals surface area contributed by atoms with Crippen LogP contribution in [0.4, 0.5) is 17.6 Å². The van der Waals surface area contributed by atoms with E-state index in [1.54, 1.807) is 0 Å². The summed E-state index contributed by atoms with van der Waals surface area (Å²) in [6.07, 6.45) is -5.58. The average Bonchev–Trinajstić information content (AvgIpc) is 2.03. The molecule has 4 heteroatoms. The van der Waals surface area contributed by atoms with Gasteiger partial charge in [-0.25, -0.2) is 4.39 Å². The molecule has 0 radical (unpaired) electrons. The Bertz CT molecular complexity index is 271. The second kappa shape index (κ2) is 3.36. The third kappa shape index (κ3) is 2.44. The molecule has 0 amide bonds. The molecule has 0 aliphatic heterocycles. The van der Waals surface area contributed by atoms with Crippen molar-refractivity contribution < 1.29 is 17.6 Å². The minimum absolute atomic E-state index is 0.257. The molecule has 0 saturated carbocycles. The second-order valence-electron chi connectivity index (χ2n) is 2.74. The van der Waals surface area contributed by atoms with Gasteiger partial charge in [-0.05, 0) is 24.6 Å². The summed E-state index contributed by atoms with van der Waals surface area (Å²) in [5, 5.41) is 0. The Hall–Kier alpha value is -1.06. The van der Waals surface area contributed by atoms with Crippen molar-refractivity contribution in [3.63, 3.8) is 0 Å². The van der Waals surface area contributed by atoms with E-state index in [1.165, 1.54) is 6.92 Å². The van der Waals surface area contributed by atoms with E-state index in [0.29, 0.717) is 0 Å². The second-order valence-corrected chi connectivity index (χ2v) is 2.74. The van der Waals surface area contributed by atoms with Gasteiger partial charge in [0.15, 0.2) is 0 Å². The molecule has 0 bridgehead atoms. The topological polar surface area (TPSA) is 0 Å². The lowest BCUT2D eigenvalue weighted by Crippen LogP contribution is -2.04. The van der Waals surface area contributed by atoms with E-state index in [-0.39, 0.29) is 5.56 Å². The van der Waals surface area contributed by atoms with Crippen molar-refractivity contribution >= 4 is 0 Å². The van der Waals surface area contributed by atoms with E-state index >= 15 is 0 Å². The molecule has 0 fully saturated rings. The van der Waals surface area contributed by atoms with E-state index < -0.39 is 17.9 Å². The van der Waals surface area contributed by atoms with Crippen molar-refractivity contribution in [1.29, 1.82) is 0 Å². The fraction of sp³-hybridized carbons (Fsp3) is 0.333. The maximum absolute atomic E-state index is 12.6. The molecule has 72 valence electrons. The van der Waals surface area contributed by atoms with Gasteiger partial charge in [-0.3, -0.25) is 0 Å². The summed E-state index contributed by atoms with van der Waals surface area (Å²) < 4.78 is 48.7. The first-order valence-corrected chi connectivity index (χ1v) is 3.72. The molecule has 1 unspecified atom stereocenters. The van der Waals surface area contributed by atoms with Gasteiger partial charge in [0.1, 0.15) is 6.17 Å². The molecule has 13 heavy (non-hydrogen) atoms. The normalized spacial score (nSPS) is 14.2. The molecule has 0 nitrogen and oxygen atoms in total. The van der Waals surface area contributed by atoms with Crippen LogP contribution < -0.4 is 0 Å². The van der Waals surface area contributed by atoms with E-state index in [1.807, 2.05) is 0 Å². The zero-order valence-electron chi connectivity index (χ0n) is 6.90. The molecule has 1 aromatic carbocycles. The van der Waals surface area contributed by atoms with Crippen LogP contribution in [-0.2, 0) is 6.18 Å². The highest BCUT2D eigenvalue weighted by atomic mass is 19.4. The first-order chi connectivity index (χ1) is 5.91. The first kappa shape index (κ1) is 10.0. The maximum atomic E-state index is 12.6. The van der Waals surface area contributed by atoms with Crippen LogP contribution in [-0.4, -0.2) is 0 Å². The number of benzene rings is 1. The van der Waals surface area contributed by atoms with Crippen LogP contribution in [0.1, 0.15) is 24.2 Å². The van der Waals surface area contributed by atoms with Gasteiger partial charge >= 0.3 is 6.18 Å². The molecule has 0 saturated heterocycles. The highest BCUT2D eigenvalue weighted by Crippen LogP contribution is 2.30. The molecular weight excluding hydrogens is 184 g/mol. The smallest absolute Gasteiger partial charge is 0.243 e. The summed E-state index contributed by atoms with van der Waals surface area (Å²) in [6.45, 7) is 1.28. The molecule has 0 aromatic heterocycles. The van der Waals surface area contributed by atoms with Gasteiger partial charge in [-0.2, -0.15) is 13.2 Å². The van der Waals surface area contributed by atoms with Gasteiger partial charge in [0.05, 0.1) is 5.56 Å². The van der Waals surface area contributed by atoms with Crippen LogP contribution in [0, 0.1) is 0 Å². The van der Waals surface area contributed by atoms with Crippen LogP contribution >= 0.6 is 0 Å². The van der Waals surface area contributed by atoms with E-state index in [4.69, 9.17) is 0 Å². The number of hydrogen-bond acceptors (Lipinski definition) is 0. The summed E-state index contributed by atoms with van der Waals surface area (Å²) >= 11 is 0. The lowest BCUT2D eigenvalue weighted by molar-refractivity contribution is -0.137. The van der Waals surface area contributed by atoms with Crippen LogP contribution in [0.3, 0.4) is 0 Å². The predicted molar refractivity (Wildman–Crippen MR) is 41.0 cm³/mol. The lowest BCUT2D eigenvalue weighted by Gasteiger charge is -2.07. The standard InChI is InChI=1S/C9H8F4/c1-6(10)7-2-4-8(5-3-7)9(11,12)13/h2-6H,1H3. The molecule has 0 aliphatic rings. The summed E-state index contributed by atoms with van der Waals surface area (Å²) in [6, 6.07) is 4.05. The van der Waals surface area contributed by atoms with Crippen molar-refractivity contribution in [3.05, 3.63) is 35.4 Å². The van der Waals surface area contributed by atoms with Crippen molar-refractivity contribution in [2.24, 2.45) is 0 Å². The quantitative estimate of drug-likeness (QED) is 0.594. The van der Waals surface area contributed by atoms with Gasteiger partial charge in [-0.1, -0.05) is 12.1 Å². The van der Waals surface area contributed by atoms with Crippen molar-refractivity contribution in [2.75, 3.05) is 0 Å². The van der Waals surface area contributed by atoms with Gasteiger partial charge in [0, 0.05) is 0 Å². The number of rotatable bonds is 1. The van der Waals surface area contributed by atoms with Gasteiger partial charge in [0.2, 0.25) is 0 Å². The van der Waals surface area contributed by atoms with E-state index in [9.17, 15) is 17.6 Å². The SMILES string of the molecule is CC(F)c1ccc(C(F)(F)F)cc1. The Morgan fingerprint density at radius 1 is 1.08 bits per heavy atom. The fourth-order valence-electron chi connectivity index (χ4n) is 0.937. The molecule has 0 N–H and O–H groups in total.